The van der Waals surface area contributed by atoms with E-state index in [-0.39, 0.29) is 28.2 Å². The molecule has 0 spiro atoms. The van der Waals surface area contributed by atoms with Crippen molar-refractivity contribution in [3.63, 3.8) is 0 Å². The molecule has 0 aliphatic heterocycles. The Hall–Kier alpha value is -0.340. The summed E-state index contributed by atoms with van der Waals surface area (Å²) >= 11 is 4.16. The van der Waals surface area contributed by atoms with E-state index in [4.69, 9.17) is 23.7 Å². The van der Waals surface area contributed by atoms with Gasteiger partial charge in [0.15, 0.2) is 0 Å². The summed E-state index contributed by atoms with van der Waals surface area (Å²) in [6, 6.07) is 0. The van der Waals surface area contributed by atoms with Crippen molar-refractivity contribution in [2.75, 3.05) is 32.2 Å². The Balaban J connectivity index is 6.39. The SMILES string of the molecule is CCCCOC(C)(C)CC(CC(C)(C)OCCC)(CC(C)(C)OCCC(C)C)CC(C)(C)OCCC(C)(C)OC(=O)CCS. The van der Waals surface area contributed by atoms with Crippen LogP contribution in [0, 0.1) is 11.3 Å². The molecule has 0 bridgehead atoms. The lowest BCUT2D eigenvalue weighted by Gasteiger charge is -2.50. The maximum absolute atomic E-state index is 12.1. The first-order valence-electron chi connectivity index (χ1n) is 17.4. The predicted molar refractivity (Wildman–Crippen MR) is 189 cm³/mol. The quantitative estimate of drug-likeness (QED) is 0.0573. The van der Waals surface area contributed by atoms with Crippen LogP contribution in [0.3, 0.4) is 0 Å². The molecule has 0 fully saturated rings. The molecule has 0 aliphatic carbocycles. The van der Waals surface area contributed by atoms with E-state index in [1.54, 1.807) is 0 Å². The Kier molecular flexibility index (Phi) is 19.3. The van der Waals surface area contributed by atoms with E-state index in [0.29, 0.717) is 31.1 Å². The summed E-state index contributed by atoms with van der Waals surface area (Å²) in [7, 11) is 0. The minimum atomic E-state index is -0.607. The molecule has 1 unspecified atom stereocenters. The van der Waals surface area contributed by atoms with Crippen molar-refractivity contribution < 1.29 is 28.5 Å². The third-order valence-electron chi connectivity index (χ3n) is 7.98. The highest BCUT2D eigenvalue weighted by Gasteiger charge is 2.48. The molecule has 1 atom stereocenters. The second-order valence-corrected chi connectivity index (χ2v) is 17.1. The minimum absolute atomic E-state index is 0.202. The van der Waals surface area contributed by atoms with E-state index in [9.17, 15) is 4.79 Å². The number of carbonyl (C=O) groups is 1. The van der Waals surface area contributed by atoms with Crippen molar-refractivity contribution in [3.8, 4) is 0 Å². The summed E-state index contributed by atoms with van der Waals surface area (Å²) in [6.07, 6.45) is 8.49. The maximum atomic E-state index is 12.1. The molecule has 0 radical (unpaired) electrons. The van der Waals surface area contributed by atoms with Gasteiger partial charge in [-0.2, -0.15) is 12.6 Å². The van der Waals surface area contributed by atoms with Gasteiger partial charge in [0, 0.05) is 32.0 Å². The third kappa shape index (κ3) is 20.7. The topological polar surface area (TPSA) is 63.2 Å². The molecule has 0 aromatic rings. The van der Waals surface area contributed by atoms with Gasteiger partial charge in [0.1, 0.15) is 5.60 Å². The van der Waals surface area contributed by atoms with E-state index in [1.165, 1.54) is 0 Å². The normalized spacial score (nSPS) is 15.1. The molecule has 264 valence electrons. The molecule has 7 heteroatoms. The van der Waals surface area contributed by atoms with Gasteiger partial charge in [0.2, 0.25) is 0 Å². The fraction of sp³-hybridized carbons (Fsp3) is 0.973. The molecular weight excluding hydrogens is 572 g/mol. The van der Waals surface area contributed by atoms with Crippen molar-refractivity contribution in [1.82, 2.24) is 0 Å². The Morgan fingerprint density at radius 2 is 1.05 bits per heavy atom. The lowest BCUT2D eigenvalue weighted by atomic mass is 9.62. The lowest BCUT2D eigenvalue weighted by Crippen LogP contribution is -2.48. The van der Waals surface area contributed by atoms with Gasteiger partial charge < -0.3 is 23.7 Å². The number of ether oxygens (including phenoxy) is 5. The fourth-order valence-corrected chi connectivity index (χ4v) is 6.89. The standard InChI is InChI=1S/C37H74O6S/c1-15-17-22-40-34(9,10)27-37(26-33(7,8)39-21-16-2,28-35(11,12)41-23-18-30(3)4)29-36(13,14)42-24-20-32(5,6)43-31(38)19-25-44/h30,44H,15-29H2,1-14H3. The second kappa shape index (κ2) is 19.5. The van der Waals surface area contributed by atoms with E-state index < -0.39 is 11.2 Å². The summed E-state index contributed by atoms with van der Waals surface area (Å²) < 4.78 is 32.1. The molecule has 0 saturated heterocycles. The van der Waals surface area contributed by atoms with Crippen molar-refractivity contribution in [3.05, 3.63) is 0 Å². The smallest absolute Gasteiger partial charge is 0.307 e. The van der Waals surface area contributed by atoms with Crippen LogP contribution in [-0.2, 0) is 28.5 Å². The van der Waals surface area contributed by atoms with Gasteiger partial charge in [0.25, 0.3) is 0 Å². The van der Waals surface area contributed by atoms with Gasteiger partial charge in [-0.1, -0.05) is 34.1 Å². The van der Waals surface area contributed by atoms with Crippen LogP contribution in [0.15, 0.2) is 0 Å². The Morgan fingerprint density at radius 3 is 1.45 bits per heavy atom. The Morgan fingerprint density at radius 1 is 0.614 bits per heavy atom. The molecule has 6 nitrogen and oxygen atoms in total. The largest absolute Gasteiger partial charge is 0.460 e. The molecule has 0 amide bonds. The lowest BCUT2D eigenvalue weighted by molar-refractivity contribution is -0.160. The van der Waals surface area contributed by atoms with Gasteiger partial charge in [0.05, 0.1) is 35.4 Å². The van der Waals surface area contributed by atoms with Crippen molar-refractivity contribution >= 4 is 18.6 Å². The van der Waals surface area contributed by atoms with Gasteiger partial charge in [-0.05, 0) is 126 Å². The van der Waals surface area contributed by atoms with Crippen molar-refractivity contribution in [2.24, 2.45) is 11.3 Å². The van der Waals surface area contributed by atoms with Crippen molar-refractivity contribution in [2.45, 2.75) is 189 Å². The zero-order chi connectivity index (χ0) is 34.3. The van der Waals surface area contributed by atoms with Crippen LogP contribution in [0.5, 0.6) is 0 Å². The Bertz CT molecular complexity index is 789. The van der Waals surface area contributed by atoms with E-state index in [0.717, 1.165) is 71.2 Å². The van der Waals surface area contributed by atoms with Crippen molar-refractivity contribution in [1.29, 1.82) is 0 Å². The van der Waals surface area contributed by atoms with Crippen LogP contribution in [0.25, 0.3) is 0 Å². The van der Waals surface area contributed by atoms with Crippen LogP contribution < -0.4 is 0 Å². The first kappa shape index (κ1) is 43.7. The summed E-state index contributed by atoms with van der Waals surface area (Å²) in [4.78, 5) is 12.1. The van der Waals surface area contributed by atoms with Crippen LogP contribution in [0.2, 0.25) is 0 Å². The van der Waals surface area contributed by atoms with Crippen LogP contribution >= 0.6 is 12.6 Å². The maximum Gasteiger partial charge on any atom is 0.307 e. The van der Waals surface area contributed by atoms with Crippen LogP contribution in [0.4, 0.5) is 0 Å². The highest BCUT2D eigenvalue weighted by atomic mass is 32.1. The zero-order valence-corrected chi connectivity index (χ0v) is 32.5. The number of unbranched alkanes of at least 4 members (excludes halogenated alkanes) is 1. The highest BCUT2D eigenvalue weighted by Crippen LogP contribution is 2.50. The first-order valence-corrected chi connectivity index (χ1v) is 18.0. The number of hydrogen-bond acceptors (Lipinski definition) is 7. The molecule has 0 rings (SSSR count). The minimum Gasteiger partial charge on any atom is -0.460 e. The first-order chi connectivity index (χ1) is 20.0. The molecule has 0 aromatic heterocycles. The van der Waals surface area contributed by atoms with Gasteiger partial charge in [-0.3, -0.25) is 4.79 Å². The summed E-state index contributed by atoms with van der Waals surface area (Å²) in [5.41, 5.74) is -2.25. The Labute approximate surface area is 279 Å². The summed E-state index contributed by atoms with van der Waals surface area (Å²) in [5.74, 6) is 0.855. The number of esters is 1. The zero-order valence-electron chi connectivity index (χ0n) is 31.6. The fourth-order valence-electron chi connectivity index (χ4n) is 6.71. The summed E-state index contributed by atoms with van der Waals surface area (Å²) in [6.45, 7) is 33.3. The highest BCUT2D eigenvalue weighted by molar-refractivity contribution is 7.80. The molecule has 44 heavy (non-hydrogen) atoms. The van der Waals surface area contributed by atoms with Gasteiger partial charge >= 0.3 is 5.97 Å². The van der Waals surface area contributed by atoms with Gasteiger partial charge in [-0.15, -0.1) is 0 Å². The average Bonchev–Trinajstić information content (AvgIpc) is 2.80. The molecular formula is C37H74O6S. The number of hydrogen-bond donors (Lipinski definition) is 1. The van der Waals surface area contributed by atoms with E-state index in [2.05, 4.69) is 95.7 Å². The number of thiol groups is 1. The molecule has 0 saturated carbocycles. The molecule has 0 heterocycles. The van der Waals surface area contributed by atoms with Crippen LogP contribution in [0.1, 0.15) is 161 Å². The van der Waals surface area contributed by atoms with Gasteiger partial charge in [-0.25, -0.2) is 0 Å². The predicted octanol–water partition coefficient (Wildman–Crippen LogP) is 10.0. The van der Waals surface area contributed by atoms with E-state index >= 15 is 0 Å². The number of carbonyl (C=O) groups excluding carboxylic acids is 1. The average molecular weight is 647 g/mol. The summed E-state index contributed by atoms with van der Waals surface area (Å²) in [5, 5.41) is 0. The second-order valence-electron chi connectivity index (χ2n) is 16.6. The molecule has 0 N–H and O–H groups in total. The third-order valence-corrected chi connectivity index (χ3v) is 8.21. The molecule has 0 aromatic carbocycles. The molecule has 0 aliphatic rings. The number of rotatable bonds is 26. The monoisotopic (exact) mass is 647 g/mol. The van der Waals surface area contributed by atoms with E-state index in [1.807, 2.05) is 13.8 Å². The van der Waals surface area contributed by atoms with Crippen LogP contribution in [-0.4, -0.2) is 66.2 Å².